The van der Waals surface area contributed by atoms with Gasteiger partial charge >= 0.3 is 0 Å². The van der Waals surface area contributed by atoms with Crippen LogP contribution in [0, 0.1) is 0 Å². The second-order valence-electron chi connectivity index (χ2n) is 2.66. The molecule has 5 heteroatoms. The van der Waals surface area contributed by atoms with Gasteiger partial charge in [0.25, 0.3) is 11.9 Å². The number of hydrogen-bond donors (Lipinski definition) is 2. The molecule has 0 aromatic heterocycles. The Morgan fingerprint density at radius 2 is 1.00 bits per heavy atom. The third-order valence-electron chi connectivity index (χ3n) is 1.34. The molecule has 0 aromatic carbocycles. The molecule has 0 radical (unpaired) electrons. The van der Waals surface area contributed by atoms with Crippen LogP contribution in [0.2, 0.25) is 0 Å². The molecule has 0 atom stereocenters. The van der Waals surface area contributed by atoms with E-state index in [0.29, 0.717) is 0 Å². The molecule has 0 spiro atoms. The summed E-state index contributed by atoms with van der Waals surface area (Å²) in [5.41, 5.74) is 0. The Bertz CT molecular complexity index is 130. The molecule has 92 valence electrons. The maximum Gasteiger partial charge on any atom is 0.300 e. The van der Waals surface area contributed by atoms with Crippen molar-refractivity contribution in [3.05, 3.63) is 0 Å². The van der Waals surface area contributed by atoms with Gasteiger partial charge in [-0.05, 0) is 19.6 Å². The standard InChI is InChI=1S/C6H15N.2C2H4O2/c1-4-7(5-2)6-3;2*1-2(3)4/h4-6H2,1-3H3;2*1H3,(H,3,4). The summed E-state index contributed by atoms with van der Waals surface area (Å²) in [5, 5.41) is 14.8. The fraction of sp³-hybridized carbons (Fsp3) is 0.800. The number of nitrogens with zero attached hydrogens (tertiary/aromatic N) is 1. The molecule has 0 fully saturated rings. The molecule has 0 unspecified atom stereocenters. The van der Waals surface area contributed by atoms with Crippen molar-refractivity contribution in [2.45, 2.75) is 34.6 Å². The van der Waals surface area contributed by atoms with Crippen LogP contribution in [0.1, 0.15) is 34.6 Å². The lowest BCUT2D eigenvalue weighted by Crippen LogP contribution is -2.21. The van der Waals surface area contributed by atoms with E-state index < -0.39 is 11.9 Å². The van der Waals surface area contributed by atoms with E-state index in [1.54, 1.807) is 0 Å². The monoisotopic (exact) mass is 221 g/mol. The molecule has 5 nitrogen and oxygen atoms in total. The van der Waals surface area contributed by atoms with E-state index in [2.05, 4.69) is 25.7 Å². The van der Waals surface area contributed by atoms with E-state index in [0.717, 1.165) is 13.8 Å². The molecule has 0 aliphatic heterocycles. The fourth-order valence-corrected chi connectivity index (χ4v) is 0.671. The van der Waals surface area contributed by atoms with Gasteiger partial charge in [0.05, 0.1) is 0 Å². The maximum atomic E-state index is 9.00. The summed E-state index contributed by atoms with van der Waals surface area (Å²) in [7, 11) is 0. The lowest BCUT2D eigenvalue weighted by molar-refractivity contribution is -0.135. The first-order valence-electron chi connectivity index (χ1n) is 4.93. The zero-order valence-corrected chi connectivity index (χ0v) is 10.3. The molecule has 15 heavy (non-hydrogen) atoms. The Morgan fingerprint density at radius 3 is 1.00 bits per heavy atom. The van der Waals surface area contributed by atoms with Crippen LogP contribution < -0.4 is 0 Å². The lowest BCUT2D eigenvalue weighted by atomic mass is 10.5. The molecule has 0 saturated carbocycles. The van der Waals surface area contributed by atoms with Gasteiger partial charge in [-0.2, -0.15) is 0 Å². The van der Waals surface area contributed by atoms with Crippen LogP contribution in [-0.2, 0) is 9.59 Å². The molecular weight excluding hydrogens is 198 g/mol. The van der Waals surface area contributed by atoms with Crippen molar-refractivity contribution in [3.63, 3.8) is 0 Å². The van der Waals surface area contributed by atoms with Crippen molar-refractivity contribution in [3.8, 4) is 0 Å². The Morgan fingerprint density at radius 1 is 0.867 bits per heavy atom. The molecule has 2 N–H and O–H groups in total. The molecule has 0 bridgehead atoms. The largest absolute Gasteiger partial charge is 0.481 e. The van der Waals surface area contributed by atoms with E-state index in [1.807, 2.05) is 0 Å². The van der Waals surface area contributed by atoms with Gasteiger partial charge in [0.15, 0.2) is 0 Å². The van der Waals surface area contributed by atoms with Crippen LogP contribution in [0.4, 0.5) is 0 Å². The summed E-state index contributed by atoms with van der Waals surface area (Å²) in [5.74, 6) is -1.67. The van der Waals surface area contributed by atoms with Gasteiger partial charge in [0, 0.05) is 13.8 Å². The summed E-state index contributed by atoms with van der Waals surface area (Å²) in [6, 6.07) is 0. The summed E-state index contributed by atoms with van der Waals surface area (Å²) in [6.07, 6.45) is 0. The Balaban J connectivity index is -0.000000155. The Kier molecular flexibility index (Phi) is 20.0. The number of hydrogen-bond acceptors (Lipinski definition) is 3. The number of aliphatic carboxylic acids is 2. The van der Waals surface area contributed by atoms with Gasteiger partial charge in [-0.25, -0.2) is 0 Å². The van der Waals surface area contributed by atoms with Crippen molar-refractivity contribution in [1.29, 1.82) is 0 Å². The second kappa shape index (κ2) is 15.4. The molecule has 0 saturated heterocycles. The van der Waals surface area contributed by atoms with Gasteiger partial charge in [-0.3, -0.25) is 9.59 Å². The minimum atomic E-state index is -0.833. The third-order valence-corrected chi connectivity index (χ3v) is 1.34. The van der Waals surface area contributed by atoms with Crippen molar-refractivity contribution < 1.29 is 19.8 Å². The normalized spacial score (nSPS) is 8.13. The summed E-state index contributed by atoms with van der Waals surface area (Å²) in [6.45, 7) is 12.3. The van der Waals surface area contributed by atoms with Crippen LogP contribution in [0.3, 0.4) is 0 Å². The van der Waals surface area contributed by atoms with Crippen LogP contribution in [-0.4, -0.2) is 46.7 Å². The fourth-order valence-electron chi connectivity index (χ4n) is 0.671. The van der Waals surface area contributed by atoms with E-state index in [4.69, 9.17) is 19.8 Å². The minimum absolute atomic E-state index is 0.833. The van der Waals surface area contributed by atoms with Crippen LogP contribution in [0.15, 0.2) is 0 Å². The first kappa shape index (κ1) is 19.5. The molecule has 0 heterocycles. The van der Waals surface area contributed by atoms with Gasteiger partial charge < -0.3 is 15.1 Å². The van der Waals surface area contributed by atoms with E-state index in [-0.39, 0.29) is 0 Å². The molecule has 0 aliphatic carbocycles. The van der Waals surface area contributed by atoms with Gasteiger partial charge in [0.2, 0.25) is 0 Å². The van der Waals surface area contributed by atoms with E-state index >= 15 is 0 Å². The summed E-state index contributed by atoms with van der Waals surface area (Å²) >= 11 is 0. The molecular formula is C10H23NO4. The van der Waals surface area contributed by atoms with Crippen LogP contribution in [0.5, 0.6) is 0 Å². The predicted molar refractivity (Wildman–Crippen MR) is 60.1 cm³/mol. The average molecular weight is 221 g/mol. The van der Waals surface area contributed by atoms with Crippen molar-refractivity contribution in [1.82, 2.24) is 4.90 Å². The first-order chi connectivity index (χ1) is 6.81. The molecule has 0 rings (SSSR count). The SMILES string of the molecule is CC(=O)O.CC(=O)O.CCN(CC)CC. The van der Waals surface area contributed by atoms with Crippen LogP contribution >= 0.6 is 0 Å². The summed E-state index contributed by atoms with van der Waals surface area (Å²) in [4.78, 5) is 20.4. The van der Waals surface area contributed by atoms with Crippen molar-refractivity contribution in [2.75, 3.05) is 19.6 Å². The summed E-state index contributed by atoms with van der Waals surface area (Å²) < 4.78 is 0. The van der Waals surface area contributed by atoms with Gasteiger partial charge in [-0.1, -0.05) is 20.8 Å². The quantitative estimate of drug-likeness (QED) is 0.755. The molecule has 0 aromatic rings. The van der Waals surface area contributed by atoms with E-state index in [1.165, 1.54) is 19.6 Å². The van der Waals surface area contributed by atoms with Crippen molar-refractivity contribution >= 4 is 11.9 Å². The minimum Gasteiger partial charge on any atom is -0.481 e. The van der Waals surface area contributed by atoms with E-state index in [9.17, 15) is 0 Å². The third kappa shape index (κ3) is 63.8. The zero-order chi connectivity index (χ0) is 12.9. The number of carbonyl (C=O) groups is 2. The highest BCUT2D eigenvalue weighted by Crippen LogP contribution is 1.81. The maximum absolute atomic E-state index is 9.00. The smallest absolute Gasteiger partial charge is 0.300 e. The van der Waals surface area contributed by atoms with Gasteiger partial charge in [0.1, 0.15) is 0 Å². The van der Waals surface area contributed by atoms with Gasteiger partial charge in [-0.15, -0.1) is 0 Å². The number of rotatable bonds is 3. The topological polar surface area (TPSA) is 77.8 Å². The van der Waals surface area contributed by atoms with Crippen molar-refractivity contribution in [2.24, 2.45) is 0 Å². The molecule has 0 aliphatic rings. The second-order valence-corrected chi connectivity index (χ2v) is 2.66. The Labute approximate surface area is 91.7 Å². The van der Waals surface area contributed by atoms with Crippen LogP contribution in [0.25, 0.3) is 0 Å². The number of carboxylic acids is 2. The number of carboxylic acid groups (broad SMARTS) is 2. The average Bonchev–Trinajstić information content (AvgIpc) is 2.05. The first-order valence-corrected chi connectivity index (χ1v) is 4.93. The predicted octanol–water partition coefficient (Wildman–Crippen LogP) is 1.53. The lowest BCUT2D eigenvalue weighted by Gasteiger charge is -2.13. The zero-order valence-electron chi connectivity index (χ0n) is 10.3. The molecule has 0 amide bonds. The highest BCUT2D eigenvalue weighted by atomic mass is 16.4. The Hall–Kier alpha value is -1.10. The highest BCUT2D eigenvalue weighted by Gasteiger charge is 1.89. The highest BCUT2D eigenvalue weighted by molar-refractivity contribution is 5.63.